The largest absolute Gasteiger partial charge is 0.569 e. The SMILES string of the molecule is O[B]Oc1cccc(N(c2ccccc2)c2ccc(-c3ccccc3)cc2)c1. The third kappa shape index (κ3) is 3.92. The predicted molar refractivity (Wildman–Crippen MR) is 115 cm³/mol. The molecule has 0 atom stereocenters. The summed E-state index contributed by atoms with van der Waals surface area (Å²) in [6.45, 7) is 0. The highest BCUT2D eigenvalue weighted by atomic mass is 16.5. The molecule has 0 fully saturated rings. The Morgan fingerprint density at radius 2 is 1.14 bits per heavy atom. The lowest BCUT2D eigenvalue weighted by molar-refractivity contribution is 0.454. The van der Waals surface area contributed by atoms with Gasteiger partial charge in [0.15, 0.2) is 0 Å². The van der Waals surface area contributed by atoms with Gasteiger partial charge in [-0.1, -0.05) is 66.7 Å². The Hall–Kier alpha value is -3.50. The van der Waals surface area contributed by atoms with Crippen LogP contribution in [-0.4, -0.2) is 12.7 Å². The van der Waals surface area contributed by atoms with Crippen LogP contribution in [0.3, 0.4) is 0 Å². The standard InChI is InChI=1S/C24H19BNO2/c27-25-28-24-13-7-12-23(18-24)26(21-10-5-2-6-11-21)22-16-14-20(15-17-22)19-8-3-1-4-9-19/h1-18,27H. The highest BCUT2D eigenvalue weighted by Crippen LogP contribution is 2.36. The molecule has 3 nitrogen and oxygen atoms in total. The second-order valence-electron chi connectivity index (χ2n) is 6.30. The zero-order valence-corrected chi connectivity index (χ0v) is 15.3. The van der Waals surface area contributed by atoms with Crippen molar-refractivity contribution in [1.29, 1.82) is 0 Å². The molecule has 1 radical (unpaired) electrons. The maximum absolute atomic E-state index is 8.96. The van der Waals surface area contributed by atoms with Crippen LogP contribution in [0.2, 0.25) is 0 Å². The maximum atomic E-state index is 8.96. The molecule has 0 bridgehead atoms. The van der Waals surface area contributed by atoms with E-state index in [0.29, 0.717) is 13.4 Å². The van der Waals surface area contributed by atoms with Crippen LogP contribution in [0.4, 0.5) is 17.1 Å². The summed E-state index contributed by atoms with van der Waals surface area (Å²) >= 11 is 0. The van der Waals surface area contributed by atoms with Gasteiger partial charge in [0.05, 0.1) is 0 Å². The van der Waals surface area contributed by atoms with Crippen LogP contribution < -0.4 is 9.55 Å². The van der Waals surface area contributed by atoms with E-state index in [4.69, 9.17) is 9.68 Å². The van der Waals surface area contributed by atoms with Gasteiger partial charge in [-0.25, -0.2) is 0 Å². The molecular formula is C24H19BNO2. The molecule has 0 unspecified atom stereocenters. The quantitative estimate of drug-likeness (QED) is 0.444. The summed E-state index contributed by atoms with van der Waals surface area (Å²) in [6.07, 6.45) is 0. The van der Waals surface area contributed by atoms with Crippen molar-refractivity contribution < 1.29 is 9.68 Å². The summed E-state index contributed by atoms with van der Waals surface area (Å²) in [5.41, 5.74) is 5.38. The third-order valence-electron chi connectivity index (χ3n) is 4.51. The lowest BCUT2D eigenvalue weighted by atomic mass is 10.0. The lowest BCUT2D eigenvalue weighted by Gasteiger charge is -2.26. The molecular weight excluding hydrogens is 345 g/mol. The van der Waals surface area contributed by atoms with E-state index in [9.17, 15) is 0 Å². The normalized spacial score (nSPS) is 10.3. The van der Waals surface area contributed by atoms with Crippen LogP contribution in [0.5, 0.6) is 5.75 Å². The minimum absolute atomic E-state index is 0.571. The van der Waals surface area contributed by atoms with Gasteiger partial charge in [0.25, 0.3) is 0 Å². The maximum Gasteiger partial charge on any atom is 0.569 e. The minimum atomic E-state index is 0.571. The molecule has 28 heavy (non-hydrogen) atoms. The van der Waals surface area contributed by atoms with Gasteiger partial charge in [0.2, 0.25) is 0 Å². The van der Waals surface area contributed by atoms with Crippen molar-refractivity contribution in [2.75, 3.05) is 4.90 Å². The van der Waals surface area contributed by atoms with Crippen molar-refractivity contribution >= 4 is 24.7 Å². The van der Waals surface area contributed by atoms with Gasteiger partial charge in [-0.05, 0) is 47.5 Å². The Kier molecular flexibility index (Phi) is 5.41. The average Bonchev–Trinajstić information content (AvgIpc) is 2.76. The van der Waals surface area contributed by atoms with E-state index < -0.39 is 0 Å². The minimum Gasteiger partial charge on any atom is -0.537 e. The number of para-hydroxylation sites is 1. The molecule has 1 N–H and O–H groups in total. The third-order valence-corrected chi connectivity index (χ3v) is 4.51. The first-order valence-corrected chi connectivity index (χ1v) is 9.08. The fourth-order valence-corrected chi connectivity index (χ4v) is 3.21. The van der Waals surface area contributed by atoms with Crippen LogP contribution in [0.1, 0.15) is 0 Å². The van der Waals surface area contributed by atoms with Gasteiger partial charge < -0.3 is 14.6 Å². The number of anilines is 3. The summed E-state index contributed by atoms with van der Waals surface area (Å²) in [5, 5.41) is 8.96. The molecule has 0 aliphatic rings. The summed E-state index contributed by atoms with van der Waals surface area (Å²) in [5.74, 6) is 0.571. The van der Waals surface area contributed by atoms with Gasteiger partial charge in [0, 0.05) is 23.1 Å². The van der Waals surface area contributed by atoms with Crippen molar-refractivity contribution in [2.45, 2.75) is 0 Å². The molecule has 4 aromatic carbocycles. The van der Waals surface area contributed by atoms with E-state index in [0.717, 1.165) is 17.1 Å². The van der Waals surface area contributed by atoms with E-state index >= 15 is 0 Å². The monoisotopic (exact) mass is 364 g/mol. The van der Waals surface area contributed by atoms with Crippen molar-refractivity contribution in [3.8, 4) is 16.9 Å². The summed E-state index contributed by atoms with van der Waals surface area (Å²) in [4.78, 5) is 2.15. The molecule has 0 heterocycles. The Bertz CT molecular complexity index is 1020. The van der Waals surface area contributed by atoms with E-state index in [1.54, 1.807) is 6.07 Å². The molecule has 4 aromatic rings. The lowest BCUT2D eigenvalue weighted by Crippen LogP contribution is -2.10. The molecule has 4 heteroatoms. The van der Waals surface area contributed by atoms with Crippen molar-refractivity contribution in [3.05, 3.63) is 109 Å². The van der Waals surface area contributed by atoms with Crippen molar-refractivity contribution in [1.82, 2.24) is 0 Å². The van der Waals surface area contributed by atoms with Crippen molar-refractivity contribution in [2.24, 2.45) is 0 Å². The first-order valence-electron chi connectivity index (χ1n) is 9.08. The molecule has 4 rings (SSSR count). The molecule has 0 amide bonds. The van der Waals surface area contributed by atoms with Crippen molar-refractivity contribution in [3.63, 3.8) is 0 Å². The Morgan fingerprint density at radius 1 is 0.571 bits per heavy atom. The first-order chi connectivity index (χ1) is 13.8. The summed E-state index contributed by atoms with van der Waals surface area (Å²) < 4.78 is 5.15. The van der Waals surface area contributed by atoms with Crippen LogP contribution in [0.25, 0.3) is 11.1 Å². The second kappa shape index (κ2) is 8.46. The molecule has 0 saturated carbocycles. The average molecular weight is 364 g/mol. The zero-order valence-electron chi connectivity index (χ0n) is 15.3. The van der Waals surface area contributed by atoms with E-state index in [1.165, 1.54) is 11.1 Å². The molecule has 0 aliphatic heterocycles. The molecule has 0 aliphatic carbocycles. The number of benzene rings is 4. The van der Waals surface area contributed by atoms with E-state index in [2.05, 4.69) is 53.4 Å². The predicted octanol–water partition coefficient (Wildman–Crippen LogP) is 5.73. The number of rotatable bonds is 6. The van der Waals surface area contributed by atoms with Crippen LogP contribution >= 0.6 is 0 Å². The van der Waals surface area contributed by atoms with Gasteiger partial charge >= 0.3 is 7.69 Å². The van der Waals surface area contributed by atoms with Gasteiger partial charge in [-0.15, -0.1) is 0 Å². The summed E-state index contributed by atoms with van der Waals surface area (Å²) in [7, 11) is 0.695. The summed E-state index contributed by atoms with van der Waals surface area (Å²) in [6, 6.07) is 36.6. The Labute approximate surface area is 165 Å². The fourth-order valence-electron chi connectivity index (χ4n) is 3.21. The van der Waals surface area contributed by atoms with Crippen LogP contribution in [-0.2, 0) is 0 Å². The molecule has 0 spiro atoms. The molecule has 0 saturated heterocycles. The zero-order chi connectivity index (χ0) is 19.2. The smallest absolute Gasteiger partial charge is 0.537 e. The van der Waals surface area contributed by atoms with Crippen LogP contribution in [0.15, 0.2) is 109 Å². The first kappa shape index (κ1) is 17.9. The van der Waals surface area contributed by atoms with Crippen LogP contribution in [0, 0.1) is 0 Å². The Morgan fingerprint density at radius 3 is 1.82 bits per heavy atom. The van der Waals surface area contributed by atoms with E-state index in [-0.39, 0.29) is 0 Å². The number of hydrogen-bond donors (Lipinski definition) is 1. The van der Waals surface area contributed by atoms with Gasteiger partial charge in [0.1, 0.15) is 5.75 Å². The highest BCUT2D eigenvalue weighted by molar-refractivity contribution is 6.17. The van der Waals surface area contributed by atoms with Gasteiger partial charge in [-0.3, -0.25) is 0 Å². The number of hydrogen-bond acceptors (Lipinski definition) is 3. The topological polar surface area (TPSA) is 32.7 Å². The Balaban J connectivity index is 1.75. The highest BCUT2D eigenvalue weighted by Gasteiger charge is 2.13. The number of nitrogens with zero attached hydrogens (tertiary/aromatic N) is 1. The fraction of sp³-hybridized carbons (Fsp3) is 0. The van der Waals surface area contributed by atoms with Gasteiger partial charge in [-0.2, -0.15) is 0 Å². The molecule has 135 valence electrons. The second-order valence-corrected chi connectivity index (χ2v) is 6.30. The molecule has 0 aromatic heterocycles. The van der Waals surface area contributed by atoms with E-state index in [1.807, 2.05) is 54.6 Å².